The summed E-state index contributed by atoms with van der Waals surface area (Å²) < 4.78 is 4.86. The van der Waals surface area contributed by atoms with E-state index in [4.69, 9.17) is 9.94 Å². The predicted molar refractivity (Wildman–Crippen MR) is 88.3 cm³/mol. The summed E-state index contributed by atoms with van der Waals surface area (Å²) in [6, 6.07) is 7.02. The van der Waals surface area contributed by atoms with Gasteiger partial charge in [0.1, 0.15) is 6.61 Å². The zero-order valence-electron chi connectivity index (χ0n) is 13.7. The quantitative estimate of drug-likeness (QED) is 0.432. The number of benzene rings is 1. The Morgan fingerprint density at radius 3 is 2.71 bits per heavy atom. The number of nitrogens with one attached hydrogen (secondary N) is 2. The van der Waals surface area contributed by atoms with Crippen molar-refractivity contribution in [3.8, 4) is 11.8 Å². The van der Waals surface area contributed by atoms with Crippen molar-refractivity contribution in [2.75, 3.05) is 20.3 Å². The van der Waals surface area contributed by atoms with Crippen molar-refractivity contribution in [3.05, 3.63) is 35.4 Å². The fourth-order valence-corrected chi connectivity index (χ4v) is 2.95. The first-order chi connectivity index (χ1) is 11.7. The minimum absolute atomic E-state index is 0.0558. The topological polar surface area (TPSA) is 87.7 Å². The van der Waals surface area contributed by atoms with Gasteiger partial charge < -0.3 is 10.1 Å². The van der Waals surface area contributed by atoms with Gasteiger partial charge >= 0.3 is 0 Å². The van der Waals surface area contributed by atoms with Crippen LogP contribution < -0.4 is 10.8 Å². The molecule has 1 fully saturated rings. The van der Waals surface area contributed by atoms with Crippen LogP contribution in [0.1, 0.15) is 35.2 Å². The zero-order chi connectivity index (χ0) is 17.4. The van der Waals surface area contributed by atoms with Crippen LogP contribution in [0.25, 0.3) is 0 Å². The summed E-state index contributed by atoms with van der Waals surface area (Å²) in [6.07, 6.45) is 2.53. The molecule has 24 heavy (non-hydrogen) atoms. The Bertz CT molecular complexity index is 631. The monoisotopic (exact) mass is 330 g/mol. The second kappa shape index (κ2) is 9.06. The van der Waals surface area contributed by atoms with Crippen LogP contribution >= 0.6 is 0 Å². The fraction of sp³-hybridized carbons (Fsp3) is 0.444. The molecule has 1 aromatic carbocycles. The molecule has 1 aliphatic carbocycles. The molecule has 3 N–H and O–H groups in total. The molecule has 128 valence electrons. The maximum absolute atomic E-state index is 12.2. The summed E-state index contributed by atoms with van der Waals surface area (Å²) in [5.74, 6) is 5.06. The lowest BCUT2D eigenvalue weighted by Crippen LogP contribution is -2.36. The third kappa shape index (κ3) is 4.82. The number of hydrogen-bond donors (Lipinski definition) is 3. The van der Waals surface area contributed by atoms with Gasteiger partial charge in [-0.25, -0.2) is 5.48 Å². The van der Waals surface area contributed by atoms with Gasteiger partial charge in [0.25, 0.3) is 5.91 Å². The van der Waals surface area contributed by atoms with Crippen LogP contribution in [0.4, 0.5) is 0 Å². The molecule has 0 heterocycles. The van der Waals surface area contributed by atoms with Gasteiger partial charge in [-0.3, -0.25) is 14.8 Å². The van der Waals surface area contributed by atoms with Gasteiger partial charge in [-0.1, -0.05) is 18.3 Å². The maximum atomic E-state index is 12.2. The number of carbonyl (C=O) groups excluding carboxylic acids is 2. The third-order valence-electron chi connectivity index (χ3n) is 4.23. The summed E-state index contributed by atoms with van der Waals surface area (Å²) in [5.41, 5.74) is 3.08. The van der Waals surface area contributed by atoms with Crippen molar-refractivity contribution in [1.82, 2.24) is 10.8 Å². The van der Waals surface area contributed by atoms with E-state index in [0.717, 1.165) is 24.8 Å². The van der Waals surface area contributed by atoms with E-state index >= 15 is 0 Å². The second-order valence-electron chi connectivity index (χ2n) is 5.80. The molecule has 2 amide bonds. The summed E-state index contributed by atoms with van der Waals surface area (Å²) >= 11 is 0. The predicted octanol–water partition coefficient (Wildman–Crippen LogP) is 1.34. The van der Waals surface area contributed by atoms with Gasteiger partial charge in [0.2, 0.25) is 5.91 Å². The Balaban J connectivity index is 1.88. The van der Waals surface area contributed by atoms with E-state index in [0.29, 0.717) is 18.7 Å². The first kappa shape index (κ1) is 18.0. The Kier molecular flexibility index (Phi) is 6.79. The lowest BCUT2D eigenvalue weighted by atomic mass is 9.95. The van der Waals surface area contributed by atoms with Crippen LogP contribution in [0.5, 0.6) is 0 Å². The van der Waals surface area contributed by atoms with Gasteiger partial charge in [0.05, 0.1) is 0 Å². The molecule has 0 aromatic heterocycles. The molecule has 0 bridgehead atoms. The first-order valence-corrected chi connectivity index (χ1v) is 7.95. The molecule has 2 atom stereocenters. The molecule has 6 nitrogen and oxygen atoms in total. The van der Waals surface area contributed by atoms with Gasteiger partial charge in [0.15, 0.2) is 0 Å². The van der Waals surface area contributed by atoms with E-state index in [1.807, 2.05) is 0 Å². The molecule has 1 aliphatic rings. The summed E-state index contributed by atoms with van der Waals surface area (Å²) in [5, 5.41) is 11.6. The lowest BCUT2D eigenvalue weighted by Gasteiger charge is -2.18. The lowest BCUT2D eigenvalue weighted by molar-refractivity contribution is -0.134. The van der Waals surface area contributed by atoms with Crippen LogP contribution in [0.15, 0.2) is 24.3 Å². The number of rotatable bonds is 5. The van der Waals surface area contributed by atoms with E-state index in [9.17, 15) is 9.59 Å². The van der Waals surface area contributed by atoms with Crippen LogP contribution in [-0.2, 0) is 9.53 Å². The normalized spacial score (nSPS) is 19.2. The van der Waals surface area contributed by atoms with Crippen molar-refractivity contribution in [3.63, 3.8) is 0 Å². The minimum Gasteiger partial charge on any atom is -0.372 e. The average molecular weight is 330 g/mol. The Labute approximate surface area is 141 Å². The maximum Gasteiger partial charge on any atom is 0.251 e. The van der Waals surface area contributed by atoms with Crippen molar-refractivity contribution in [2.24, 2.45) is 11.8 Å². The standard InChI is InChI=1S/C18H22N2O4/c1-24-11-3-4-13-7-9-14(10-8-13)17(21)19-12-15-5-2-6-16(15)18(22)20-23/h7-10,15-16,23H,2,5-6,11-12H2,1H3,(H,19,21)(H,20,22)/t15-,16+/m1/s1. The average Bonchev–Trinajstić information content (AvgIpc) is 3.08. The van der Waals surface area contributed by atoms with E-state index in [1.54, 1.807) is 36.9 Å². The highest BCUT2D eigenvalue weighted by atomic mass is 16.5. The number of amides is 2. The molecule has 0 spiro atoms. The Hall–Kier alpha value is -2.36. The number of ether oxygens (including phenoxy) is 1. The van der Waals surface area contributed by atoms with Crippen LogP contribution in [0.3, 0.4) is 0 Å². The highest BCUT2D eigenvalue weighted by Gasteiger charge is 2.32. The van der Waals surface area contributed by atoms with Crippen molar-refractivity contribution in [2.45, 2.75) is 19.3 Å². The SMILES string of the molecule is COCC#Cc1ccc(C(=O)NC[C@H]2CCC[C@@H]2C(=O)NO)cc1. The number of hydrogen-bond acceptors (Lipinski definition) is 4. The summed E-state index contributed by atoms with van der Waals surface area (Å²) in [4.78, 5) is 23.8. The van der Waals surface area contributed by atoms with Gasteiger partial charge in [-0.15, -0.1) is 0 Å². The van der Waals surface area contributed by atoms with Crippen molar-refractivity contribution in [1.29, 1.82) is 0 Å². The minimum atomic E-state index is -0.370. The molecular weight excluding hydrogens is 308 g/mol. The van der Waals surface area contributed by atoms with Crippen molar-refractivity contribution >= 4 is 11.8 Å². The van der Waals surface area contributed by atoms with E-state index < -0.39 is 0 Å². The zero-order valence-corrected chi connectivity index (χ0v) is 13.7. The molecule has 2 rings (SSSR count). The highest BCUT2D eigenvalue weighted by Crippen LogP contribution is 2.31. The Morgan fingerprint density at radius 2 is 2.04 bits per heavy atom. The highest BCUT2D eigenvalue weighted by molar-refractivity contribution is 5.94. The fourth-order valence-electron chi connectivity index (χ4n) is 2.95. The molecule has 6 heteroatoms. The second-order valence-corrected chi connectivity index (χ2v) is 5.80. The van der Waals surface area contributed by atoms with E-state index in [1.165, 1.54) is 0 Å². The number of carbonyl (C=O) groups is 2. The number of hydroxylamine groups is 1. The van der Waals surface area contributed by atoms with Crippen molar-refractivity contribution < 1.29 is 19.5 Å². The van der Waals surface area contributed by atoms with E-state index in [2.05, 4.69) is 17.2 Å². The molecule has 1 saturated carbocycles. The van der Waals surface area contributed by atoms with Gasteiger partial charge in [-0.2, -0.15) is 0 Å². The van der Waals surface area contributed by atoms with E-state index in [-0.39, 0.29) is 23.7 Å². The van der Waals surface area contributed by atoms with Gasteiger partial charge in [0, 0.05) is 30.7 Å². The summed E-state index contributed by atoms with van der Waals surface area (Å²) in [7, 11) is 1.58. The molecule has 0 unspecified atom stereocenters. The molecular formula is C18H22N2O4. The largest absolute Gasteiger partial charge is 0.372 e. The van der Waals surface area contributed by atoms with Crippen LogP contribution in [0.2, 0.25) is 0 Å². The Morgan fingerprint density at radius 1 is 1.29 bits per heavy atom. The van der Waals surface area contributed by atoms with Crippen LogP contribution in [0, 0.1) is 23.7 Å². The molecule has 1 aromatic rings. The summed E-state index contributed by atoms with van der Waals surface area (Å²) in [6.45, 7) is 0.790. The smallest absolute Gasteiger partial charge is 0.251 e. The molecule has 0 aliphatic heterocycles. The van der Waals surface area contributed by atoms with Gasteiger partial charge in [-0.05, 0) is 43.0 Å². The molecule has 0 saturated heterocycles. The van der Waals surface area contributed by atoms with Crippen LogP contribution in [-0.4, -0.2) is 37.3 Å². The molecule has 0 radical (unpaired) electrons. The first-order valence-electron chi connectivity index (χ1n) is 7.95. The third-order valence-corrected chi connectivity index (χ3v) is 4.23. The number of methoxy groups -OCH3 is 1.